The molecule has 2 aromatic rings. The van der Waals surface area contributed by atoms with E-state index in [2.05, 4.69) is 17.2 Å². The Bertz CT molecular complexity index is 1330. The second-order valence-corrected chi connectivity index (χ2v) is 10.1. The van der Waals surface area contributed by atoms with Crippen LogP contribution >= 0.6 is 23.2 Å². The molecule has 2 bridgehead atoms. The van der Waals surface area contributed by atoms with Gasteiger partial charge in [0, 0.05) is 45.7 Å². The molecule has 0 spiro atoms. The number of aliphatic imine (C=N–C) groups is 1. The highest BCUT2D eigenvalue weighted by Crippen LogP contribution is 2.29. The smallest absolute Gasteiger partial charge is 0.254 e. The van der Waals surface area contributed by atoms with E-state index in [1.54, 1.807) is 0 Å². The van der Waals surface area contributed by atoms with Crippen LogP contribution in [0, 0.1) is 6.92 Å². The lowest BCUT2D eigenvalue weighted by Gasteiger charge is -2.28. The molecule has 36 heavy (non-hydrogen) atoms. The molecular weight excluding hydrogens is 491 g/mol. The first kappa shape index (κ1) is 24.4. The Hall–Kier alpha value is -3.28. The van der Waals surface area contributed by atoms with Crippen molar-refractivity contribution in [3.05, 3.63) is 111 Å². The first-order valence-corrected chi connectivity index (χ1v) is 12.9. The number of nitrogens with one attached hydrogen (secondary N) is 2. The Morgan fingerprint density at radius 3 is 2.67 bits per heavy atom. The topological polar surface area (TPSA) is 56.7 Å². The number of hydrogen-bond acceptors (Lipinski definition) is 4. The van der Waals surface area contributed by atoms with Crippen molar-refractivity contribution in [2.75, 3.05) is 13.1 Å². The number of hydrogen-bond donors (Lipinski definition) is 2. The van der Waals surface area contributed by atoms with Crippen LogP contribution in [0.2, 0.25) is 5.02 Å². The molecule has 2 N–H and O–H groups in total. The molecule has 2 aliphatic heterocycles. The number of fused-ring (bicyclic) bond motifs is 1. The summed E-state index contributed by atoms with van der Waals surface area (Å²) in [6.07, 6.45) is 9.85. The fourth-order valence-electron chi connectivity index (χ4n) is 4.76. The number of rotatable bonds is 6. The van der Waals surface area contributed by atoms with E-state index >= 15 is 0 Å². The molecule has 5 nitrogen and oxygen atoms in total. The van der Waals surface area contributed by atoms with Crippen LogP contribution in [0.5, 0.6) is 0 Å². The van der Waals surface area contributed by atoms with Gasteiger partial charge in [0.15, 0.2) is 0 Å². The van der Waals surface area contributed by atoms with Crippen molar-refractivity contribution in [3.63, 3.8) is 0 Å². The summed E-state index contributed by atoms with van der Waals surface area (Å²) in [4.78, 5) is 19.7. The van der Waals surface area contributed by atoms with Gasteiger partial charge in [-0.25, -0.2) is 0 Å². The zero-order valence-electron chi connectivity index (χ0n) is 20.1. The Morgan fingerprint density at radius 1 is 1.14 bits per heavy atom. The molecule has 5 rings (SSSR count). The van der Waals surface area contributed by atoms with E-state index < -0.39 is 0 Å². The largest absolute Gasteiger partial charge is 0.371 e. The lowest BCUT2D eigenvalue weighted by Crippen LogP contribution is -2.39. The third-order valence-corrected chi connectivity index (χ3v) is 7.27. The van der Waals surface area contributed by atoms with Gasteiger partial charge in [-0.3, -0.25) is 9.79 Å². The average Bonchev–Trinajstić information content (AvgIpc) is 3.37. The molecule has 3 aliphatic rings. The summed E-state index contributed by atoms with van der Waals surface area (Å²) in [6.45, 7) is 7.95. The number of carbonyl (C=O) groups is 1. The van der Waals surface area contributed by atoms with Crippen LogP contribution in [-0.4, -0.2) is 35.8 Å². The zero-order valence-corrected chi connectivity index (χ0v) is 21.6. The molecule has 184 valence electrons. The third-order valence-electron chi connectivity index (χ3n) is 6.67. The van der Waals surface area contributed by atoms with Gasteiger partial charge in [-0.2, -0.15) is 0 Å². The maximum absolute atomic E-state index is 12.9. The number of benzene rings is 2. The van der Waals surface area contributed by atoms with Crippen LogP contribution in [0.1, 0.15) is 45.9 Å². The Labute approximate surface area is 221 Å². The summed E-state index contributed by atoms with van der Waals surface area (Å²) < 4.78 is 0. The lowest BCUT2D eigenvalue weighted by atomic mass is 10.00. The first-order valence-electron chi connectivity index (χ1n) is 12.1. The number of carbonyl (C=O) groups excluding carboxylic acids is 1. The number of amidine groups is 1. The zero-order chi connectivity index (χ0) is 25.2. The Morgan fingerprint density at radius 2 is 1.92 bits per heavy atom. The predicted octanol–water partition coefficient (Wildman–Crippen LogP) is 6.13. The monoisotopic (exact) mass is 518 g/mol. The van der Waals surface area contributed by atoms with Gasteiger partial charge in [0.2, 0.25) is 0 Å². The van der Waals surface area contributed by atoms with Gasteiger partial charge in [0.1, 0.15) is 11.9 Å². The maximum atomic E-state index is 12.9. The second kappa shape index (κ2) is 10.4. The Balaban J connectivity index is 1.43. The minimum atomic E-state index is -0.373. The van der Waals surface area contributed by atoms with E-state index in [9.17, 15) is 4.79 Å². The molecule has 0 aromatic heterocycles. The van der Waals surface area contributed by atoms with Crippen LogP contribution in [-0.2, 0) is 0 Å². The standard InChI is InChI=1S/C29H28Cl2N4O/c1-18-15-20(9-12-24(18)29(36)35-13-5-6-14-35)19(2)32-27(25-7-3-4-8-26(25)31)28-33-22-11-10-21(30)16-23(17-22)34-28/h3-4,7-12,15-17,23,27,32H,2,5-6,13-14H2,1H3,(H,33,34). The highest BCUT2D eigenvalue weighted by molar-refractivity contribution is 6.32. The van der Waals surface area contributed by atoms with Crippen LogP contribution < -0.4 is 10.6 Å². The highest BCUT2D eigenvalue weighted by Gasteiger charge is 2.26. The van der Waals surface area contributed by atoms with Gasteiger partial charge in [-0.05, 0) is 73.4 Å². The molecule has 0 radical (unpaired) electrons. The van der Waals surface area contributed by atoms with Crippen molar-refractivity contribution in [1.82, 2.24) is 15.5 Å². The van der Waals surface area contributed by atoms with E-state index in [-0.39, 0.29) is 18.0 Å². The van der Waals surface area contributed by atoms with Gasteiger partial charge < -0.3 is 15.5 Å². The Kier molecular flexibility index (Phi) is 7.04. The van der Waals surface area contributed by atoms with Gasteiger partial charge >= 0.3 is 0 Å². The van der Waals surface area contributed by atoms with Crippen molar-refractivity contribution in [2.45, 2.75) is 31.8 Å². The van der Waals surface area contributed by atoms with Crippen LogP contribution in [0.15, 0.2) is 89.1 Å². The van der Waals surface area contributed by atoms with Crippen LogP contribution in [0.25, 0.3) is 5.70 Å². The highest BCUT2D eigenvalue weighted by atomic mass is 35.5. The summed E-state index contributed by atoms with van der Waals surface area (Å²) in [6, 6.07) is 13.0. The maximum Gasteiger partial charge on any atom is 0.254 e. The van der Waals surface area contributed by atoms with Crippen molar-refractivity contribution < 1.29 is 4.79 Å². The van der Waals surface area contributed by atoms with E-state index in [1.165, 1.54) is 0 Å². The van der Waals surface area contributed by atoms with Gasteiger partial charge in [0.25, 0.3) is 5.91 Å². The van der Waals surface area contributed by atoms with Gasteiger partial charge in [-0.15, -0.1) is 0 Å². The number of halogens is 2. The minimum absolute atomic E-state index is 0.0977. The SMILES string of the molecule is C=C(NC(C1=NC2C=C(Cl)C=CC(=C2)N1)c1ccccc1Cl)c1ccc(C(=O)N2CCCC2)c(C)c1. The normalized spacial score (nSPS) is 19.5. The molecule has 2 unspecified atom stereocenters. The molecule has 2 atom stereocenters. The van der Waals surface area contributed by atoms with E-state index in [0.717, 1.165) is 59.7 Å². The summed E-state index contributed by atoms with van der Waals surface area (Å²) in [5, 5.41) is 8.22. The summed E-state index contributed by atoms with van der Waals surface area (Å²) >= 11 is 12.9. The van der Waals surface area contributed by atoms with Gasteiger partial charge in [-0.1, -0.05) is 54.0 Å². The van der Waals surface area contributed by atoms with Crippen molar-refractivity contribution in [1.29, 1.82) is 0 Å². The molecular formula is C29H28Cl2N4O. The van der Waals surface area contributed by atoms with E-state index in [4.69, 9.17) is 28.2 Å². The number of allylic oxidation sites excluding steroid dienone is 3. The molecule has 2 aromatic carbocycles. The van der Waals surface area contributed by atoms with Crippen molar-refractivity contribution in [3.8, 4) is 0 Å². The summed E-state index contributed by atoms with van der Waals surface area (Å²) in [5.74, 6) is 0.817. The minimum Gasteiger partial charge on any atom is -0.371 e. The van der Waals surface area contributed by atoms with Gasteiger partial charge in [0.05, 0.1) is 6.04 Å². The molecule has 0 saturated carbocycles. The van der Waals surface area contributed by atoms with Crippen molar-refractivity contribution in [2.24, 2.45) is 4.99 Å². The molecule has 1 amide bonds. The average molecular weight is 519 g/mol. The fourth-order valence-corrected chi connectivity index (χ4v) is 5.20. The molecule has 1 fully saturated rings. The molecule has 7 heteroatoms. The van der Waals surface area contributed by atoms with E-state index in [1.807, 2.05) is 78.6 Å². The summed E-state index contributed by atoms with van der Waals surface area (Å²) in [7, 11) is 0. The summed E-state index contributed by atoms with van der Waals surface area (Å²) in [5.41, 5.74) is 5.07. The number of nitrogens with zero attached hydrogens (tertiary/aromatic N) is 2. The van der Waals surface area contributed by atoms with Crippen molar-refractivity contribution >= 4 is 40.6 Å². The lowest BCUT2D eigenvalue weighted by molar-refractivity contribution is 0.0792. The second-order valence-electron chi connectivity index (χ2n) is 9.24. The number of amides is 1. The van der Waals surface area contributed by atoms with Crippen LogP contribution in [0.3, 0.4) is 0 Å². The quantitative estimate of drug-likeness (QED) is 0.483. The predicted molar refractivity (Wildman–Crippen MR) is 148 cm³/mol. The number of likely N-dealkylation sites (tertiary alicyclic amines) is 1. The first-order chi connectivity index (χ1) is 17.4. The number of aryl methyl sites for hydroxylation is 1. The van der Waals surface area contributed by atoms with E-state index in [0.29, 0.717) is 15.8 Å². The third kappa shape index (κ3) is 5.13. The van der Waals surface area contributed by atoms with Crippen LogP contribution in [0.4, 0.5) is 0 Å². The fraction of sp³-hybridized carbons (Fsp3) is 0.241. The molecule has 1 aliphatic carbocycles. The molecule has 2 heterocycles. The molecule has 1 saturated heterocycles.